The number of likely N-dealkylation sites (N-methyl/N-ethyl adjacent to an activating group) is 1. The number of amides is 2. The van der Waals surface area contributed by atoms with Gasteiger partial charge in [-0.1, -0.05) is 0 Å². The third-order valence-electron chi connectivity index (χ3n) is 3.46. The van der Waals surface area contributed by atoms with Crippen molar-refractivity contribution in [2.24, 2.45) is 0 Å². The van der Waals surface area contributed by atoms with E-state index in [4.69, 9.17) is 5.11 Å². The molecule has 1 aliphatic rings. The van der Waals surface area contributed by atoms with Gasteiger partial charge >= 0.3 is 6.03 Å². The third kappa shape index (κ3) is 3.17. The van der Waals surface area contributed by atoms with Gasteiger partial charge in [0.25, 0.3) is 0 Å². The largest absolute Gasteiger partial charge is 0.395 e. The lowest BCUT2D eigenvalue weighted by Gasteiger charge is -2.28. The van der Waals surface area contributed by atoms with Gasteiger partial charge in [0.15, 0.2) is 0 Å². The number of hydrogen-bond acceptors (Lipinski definition) is 3. The molecule has 0 unspecified atom stereocenters. The summed E-state index contributed by atoms with van der Waals surface area (Å²) in [7, 11) is 3.75. The minimum Gasteiger partial charge on any atom is -0.395 e. The van der Waals surface area contributed by atoms with Crippen LogP contribution in [0.2, 0.25) is 0 Å². The van der Waals surface area contributed by atoms with Crippen molar-refractivity contribution in [2.45, 2.75) is 12.8 Å². The number of nitrogens with one attached hydrogen (secondary N) is 1. The van der Waals surface area contributed by atoms with Gasteiger partial charge in [-0.15, -0.1) is 0 Å². The van der Waals surface area contributed by atoms with Crippen molar-refractivity contribution in [3.63, 3.8) is 0 Å². The standard InChI is InChI=1S/C14H21N3O2/c1-16-7-3-4-11-10-12(5-6-13(11)16)15-14(19)17(2)8-9-18/h5-6,10,18H,3-4,7-9H2,1-2H3,(H,15,19). The fourth-order valence-electron chi connectivity index (χ4n) is 2.33. The van der Waals surface area contributed by atoms with E-state index in [-0.39, 0.29) is 12.6 Å². The molecule has 0 saturated heterocycles. The SMILES string of the molecule is CN(CCO)C(=O)Nc1ccc2c(c1)CCCN2C. The monoisotopic (exact) mass is 263 g/mol. The van der Waals surface area contributed by atoms with Crippen LogP contribution in [-0.2, 0) is 6.42 Å². The summed E-state index contributed by atoms with van der Waals surface area (Å²) in [6.07, 6.45) is 2.20. The lowest BCUT2D eigenvalue weighted by atomic mass is 10.0. The van der Waals surface area contributed by atoms with Gasteiger partial charge in [-0.3, -0.25) is 0 Å². The molecule has 2 N–H and O–H groups in total. The van der Waals surface area contributed by atoms with Gasteiger partial charge < -0.3 is 20.2 Å². The molecule has 5 heteroatoms. The van der Waals surface area contributed by atoms with Crippen molar-refractivity contribution in [3.05, 3.63) is 23.8 Å². The van der Waals surface area contributed by atoms with Crippen molar-refractivity contribution in [3.8, 4) is 0 Å². The molecule has 1 aliphatic heterocycles. The number of aliphatic hydroxyl groups is 1. The Morgan fingerprint density at radius 1 is 1.53 bits per heavy atom. The lowest BCUT2D eigenvalue weighted by Crippen LogP contribution is -2.33. The average molecular weight is 263 g/mol. The Kier molecular flexibility index (Phi) is 4.27. The van der Waals surface area contributed by atoms with Gasteiger partial charge in [0.1, 0.15) is 0 Å². The molecule has 0 bridgehead atoms. The summed E-state index contributed by atoms with van der Waals surface area (Å²) in [5.41, 5.74) is 3.33. The van der Waals surface area contributed by atoms with Gasteiger partial charge in [-0.05, 0) is 36.6 Å². The van der Waals surface area contributed by atoms with Crippen LogP contribution in [0.5, 0.6) is 0 Å². The van der Waals surface area contributed by atoms with Crippen molar-refractivity contribution in [2.75, 3.05) is 44.0 Å². The van der Waals surface area contributed by atoms with Crippen LogP contribution >= 0.6 is 0 Å². The first-order valence-corrected chi connectivity index (χ1v) is 6.59. The quantitative estimate of drug-likeness (QED) is 0.869. The molecule has 0 atom stereocenters. The molecule has 0 fully saturated rings. The van der Waals surface area contributed by atoms with Crippen LogP contribution in [0.25, 0.3) is 0 Å². The predicted molar refractivity (Wildman–Crippen MR) is 76.8 cm³/mol. The average Bonchev–Trinajstić information content (AvgIpc) is 2.39. The summed E-state index contributed by atoms with van der Waals surface area (Å²) in [6.45, 7) is 1.39. The Balaban J connectivity index is 2.08. The predicted octanol–water partition coefficient (Wildman–Crippen LogP) is 1.52. The van der Waals surface area contributed by atoms with Crippen LogP contribution in [0.3, 0.4) is 0 Å². The first kappa shape index (κ1) is 13.7. The van der Waals surface area contributed by atoms with E-state index in [1.807, 2.05) is 12.1 Å². The molecule has 0 spiro atoms. The number of aryl methyl sites for hydroxylation is 1. The van der Waals surface area contributed by atoms with E-state index in [9.17, 15) is 4.79 Å². The van der Waals surface area contributed by atoms with Gasteiger partial charge in [0.2, 0.25) is 0 Å². The van der Waals surface area contributed by atoms with Gasteiger partial charge in [-0.2, -0.15) is 0 Å². The molecular weight excluding hydrogens is 242 g/mol. The minimum absolute atomic E-state index is 0.0289. The van der Waals surface area contributed by atoms with Gasteiger partial charge in [-0.25, -0.2) is 4.79 Å². The molecule has 0 aliphatic carbocycles. The maximum atomic E-state index is 11.8. The summed E-state index contributed by atoms with van der Waals surface area (Å²) < 4.78 is 0. The molecule has 1 aromatic rings. The molecule has 0 radical (unpaired) electrons. The first-order valence-electron chi connectivity index (χ1n) is 6.59. The number of carbonyl (C=O) groups is 1. The highest BCUT2D eigenvalue weighted by atomic mass is 16.3. The Hall–Kier alpha value is -1.75. The topological polar surface area (TPSA) is 55.8 Å². The highest BCUT2D eigenvalue weighted by molar-refractivity contribution is 5.89. The van der Waals surface area contributed by atoms with Crippen LogP contribution in [0, 0.1) is 0 Å². The molecule has 0 saturated carbocycles. The summed E-state index contributed by atoms with van der Waals surface area (Å²) in [5.74, 6) is 0. The minimum atomic E-state index is -0.196. The molecule has 104 valence electrons. The Morgan fingerprint density at radius 3 is 3.05 bits per heavy atom. The van der Waals surface area contributed by atoms with Crippen molar-refractivity contribution in [1.29, 1.82) is 0 Å². The van der Waals surface area contributed by atoms with Crippen LogP contribution in [0.15, 0.2) is 18.2 Å². The maximum Gasteiger partial charge on any atom is 0.321 e. The van der Waals surface area contributed by atoms with Crippen LogP contribution in [0.4, 0.5) is 16.2 Å². The second-order valence-corrected chi connectivity index (χ2v) is 4.94. The van der Waals surface area contributed by atoms with E-state index < -0.39 is 0 Å². The number of fused-ring (bicyclic) bond motifs is 1. The Morgan fingerprint density at radius 2 is 2.32 bits per heavy atom. The molecule has 2 amide bonds. The molecule has 19 heavy (non-hydrogen) atoms. The van der Waals surface area contributed by atoms with Crippen LogP contribution in [-0.4, -0.2) is 49.8 Å². The Bertz CT molecular complexity index is 462. The molecule has 2 rings (SSSR count). The van der Waals surface area contributed by atoms with E-state index >= 15 is 0 Å². The van der Waals surface area contributed by atoms with E-state index in [1.165, 1.54) is 16.2 Å². The number of anilines is 2. The zero-order chi connectivity index (χ0) is 13.8. The second kappa shape index (κ2) is 5.93. The normalized spacial score (nSPS) is 13.9. The summed E-state index contributed by atoms with van der Waals surface area (Å²) in [6, 6.07) is 5.81. The van der Waals surface area contributed by atoms with E-state index in [0.717, 1.165) is 25.1 Å². The van der Waals surface area contributed by atoms with Crippen LogP contribution in [0.1, 0.15) is 12.0 Å². The van der Waals surface area contributed by atoms with Crippen molar-refractivity contribution in [1.82, 2.24) is 4.90 Å². The zero-order valence-corrected chi connectivity index (χ0v) is 11.5. The van der Waals surface area contributed by atoms with Crippen LogP contribution < -0.4 is 10.2 Å². The highest BCUT2D eigenvalue weighted by Crippen LogP contribution is 2.28. The fourth-order valence-corrected chi connectivity index (χ4v) is 2.33. The maximum absolute atomic E-state index is 11.8. The summed E-state index contributed by atoms with van der Waals surface area (Å²) in [4.78, 5) is 15.5. The molecule has 1 aromatic carbocycles. The molecule has 1 heterocycles. The van der Waals surface area contributed by atoms with Crippen molar-refractivity contribution < 1.29 is 9.90 Å². The summed E-state index contributed by atoms with van der Waals surface area (Å²) in [5, 5.41) is 11.7. The zero-order valence-electron chi connectivity index (χ0n) is 11.5. The first-order chi connectivity index (χ1) is 9.11. The van der Waals surface area contributed by atoms with Gasteiger partial charge in [0, 0.05) is 38.6 Å². The number of carbonyl (C=O) groups excluding carboxylic acids is 1. The highest BCUT2D eigenvalue weighted by Gasteiger charge is 2.15. The molecule has 5 nitrogen and oxygen atoms in total. The smallest absolute Gasteiger partial charge is 0.321 e. The number of nitrogens with zero attached hydrogens (tertiary/aromatic N) is 2. The number of hydrogen-bond donors (Lipinski definition) is 2. The van der Waals surface area contributed by atoms with Crippen molar-refractivity contribution >= 4 is 17.4 Å². The Labute approximate surface area is 113 Å². The number of urea groups is 1. The number of benzene rings is 1. The van der Waals surface area contributed by atoms with E-state index in [2.05, 4.69) is 23.3 Å². The lowest BCUT2D eigenvalue weighted by molar-refractivity contribution is 0.202. The van der Waals surface area contributed by atoms with Gasteiger partial charge in [0.05, 0.1) is 6.61 Å². The third-order valence-corrected chi connectivity index (χ3v) is 3.46. The fraction of sp³-hybridized carbons (Fsp3) is 0.500. The van der Waals surface area contributed by atoms with E-state index in [1.54, 1.807) is 7.05 Å². The number of aliphatic hydroxyl groups excluding tert-OH is 1. The second-order valence-electron chi connectivity index (χ2n) is 4.94. The number of rotatable bonds is 3. The molecule has 0 aromatic heterocycles. The molecular formula is C14H21N3O2. The van der Waals surface area contributed by atoms with E-state index in [0.29, 0.717) is 6.54 Å². The summed E-state index contributed by atoms with van der Waals surface area (Å²) >= 11 is 0.